The molecular weight excluding hydrogens is 254 g/mol. The van der Waals surface area contributed by atoms with E-state index >= 15 is 0 Å². The number of hydrogen-bond donors (Lipinski definition) is 1. The Morgan fingerprint density at radius 3 is 2.94 bits per heavy atom. The summed E-state index contributed by atoms with van der Waals surface area (Å²) in [5, 5.41) is 0.652. The Labute approximate surface area is 111 Å². The Kier molecular flexibility index (Phi) is 3.84. The molecule has 0 amide bonds. The second kappa shape index (κ2) is 5.19. The molecule has 2 rings (SSSR count). The number of aromatic nitrogens is 3. The van der Waals surface area contributed by atoms with Crippen LogP contribution in [0.25, 0.3) is 11.0 Å². The van der Waals surface area contributed by atoms with Crippen molar-refractivity contribution in [1.82, 2.24) is 14.5 Å². The first-order valence-electron chi connectivity index (χ1n) is 5.81. The summed E-state index contributed by atoms with van der Waals surface area (Å²) in [6.45, 7) is 5.36. The summed E-state index contributed by atoms with van der Waals surface area (Å²) in [7, 11) is 0. The van der Waals surface area contributed by atoms with Crippen LogP contribution >= 0.6 is 23.8 Å². The number of rotatable bonds is 4. The van der Waals surface area contributed by atoms with Gasteiger partial charge in [-0.3, -0.25) is 4.98 Å². The molecule has 0 spiro atoms. The van der Waals surface area contributed by atoms with E-state index in [1.165, 1.54) is 6.42 Å². The highest BCUT2D eigenvalue weighted by molar-refractivity contribution is 7.71. The van der Waals surface area contributed by atoms with Gasteiger partial charge in [0.05, 0.1) is 22.3 Å². The fourth-order valence-electron chi connectivity index (χ4n) is 1.95. The highest BCUT2D eigenvalue weighted by Gasteiger charge is 2.08. The van der Waals surface area contributed by atoms with E-state index in [9.17, 15) is 0 Å². The number of imidazole rings is 1. The van der Waals surface area contributed by atoms with Crippen molar-refractivity contribution in [2.24, 2.45) is 5.92 Å². The second-order valence-electron chi connectivity index (χ2n) is 4.64. The van der Waals surface area contributed by atoms with Crippen LogP contribution in [0.1, 0.15) is 26.7 Å². The quantitative estimate of drug-likeness (QED) is 0.845. The Hall–Kier alpha value is -0.870. The van der Waals surface area contributed by atoms with Crippen molar-refractivity contribution in [1.29, 1.82) is 0 Å². The number of nitrogens with zero attached hydrogens (tertiary/aromatic N) is 2. The molecular formula is C12H16ClN3S. The fourth-order valence-corrected chi connectivity index (χ4v) is 2.50. The molecule has 5 heteroatoms. The molecule has 0 aliphatic heterocycles. The number of H-pyrrole nitrogens is 1. The van der Waals surface area contributed by atoms with Gasteiger partial charge in [-0.05, 0) is 31.0 Å². The molecule has 0 atom stereocenters. The molecule has 2 aromatic rings. The maximum Gasteiger partial charge on any atom is 0.178 e. The van der Waals surface area contributed by atoms with Gasteiger partial charge >= 0.3 is 0 Å². The number of aryl methyl sites for hydroxylation is 1. The van der Waals surface area contributed by atoms with Gasteiger partial charge in [0.1, 0.15) is 0 Å². The van der Waals surface area contributed by atoms with Crippen molar-refractivity contribution >= 4 is 34.9 Å². The molecule has 0 saturated carbocycles. The zero-order chi connectivity index (χ0) is 12.4. The van der Waals surface area contributed by atoms with Crippen molar-refractivity contribution in [2.75, 3.05) is 0 Å². The van der Waals surface area contributed by atoms with Crippen LogP contribution in [0.5, 0.6) is 0 Å². The average Bonchev–Trinajstić information content (AvgIpc) is 2.56. The van der Waals surface area contributed by atoms with E-state index in [-0.39, 0.29) is 0 Å². The molecule has 0 radical (unpaired) electrons. The van der Waals surface area contributed by atoms with E-state index in [4.69, 9.17) is 23.8 Å². The van der Waals surface area contributed by atoms with Crippen molar-refractivity contribution in [3.05, 3.63) is 22.2 Å². The third kappa shape index (κ3) is 2.69. The van der Waals surface area contributed by atoms with Crippen LogP contribution in [0, 0.1) is 10.7 Å². The maximum absolute atomic E-state index is 6.17. The molecule has 17 heavy (non-hydrogen) atoms. The molecule has 0 aromatic carbocycles. The monoisotopic (exact) mass is 269 g/mol. The Morgan fingerprint density at radius 1 is 1.47 bits per heavy atom. The Morgan fingerprint density at radius 2 is 2.24 bits per heavy atom. The second-order valence-corrected chi connectivity index (χ2v) is 5.43. The number of fused-ring (bicyclic) bond motifs is 1. The highest BCUT2D eigenvalue weighted by atomic mass is 35.5. The first kappa shape index (κ1) is 12.6. The van der Waals surface area contributed by atoms with Crippen molar-refractivity contribution in [3.63, 3.8) is 0 Å². The number of nitrogens with one attached hydrogen (secondary N) is 1. The topological polar surface area (TPSA) is 33.6 Å². The van der Waals surface area contributed by atoms with Crippen LogP contribution in [0.2, 0.25) is 5.02 Å². The van der Waals surface area contributed by atoms with Gasteiger partial charge in [0.25, 0.3) is 0 Å². The van der Waals surface area contributed by atoms with E-state index in [2.05, 4.69) is 28.4 Å². The third-order valence-corrected chi connectivity index (χ3v) is 3.39. The third-order valence-electron chi connectivity index (χ3n) is 2.79. The normalized spacial score (nSPS) is 11.5. The summed E-state index contributed by atoms with van der Waals surface area (Å²) < 4.78 is 2.79. The van der Waals surface area contributed by atoms with E-state index < -0.39 is 0 Å². The first-order valence-corrected chi connectivity index (χ1v) is 6.60. The van der Waals surface area contributed by atoms with Crippen molar-refractivity contribution in [2.45, 2.75) is 33.2 Å². The summed E-state index contributed by atoms with van der Waals surface area (Å²) in [4.78, 5) is 7.19. The van der Waals surface area contributed by atoms with Crippen LogP contribution in [0.4, 0.5) is 0 Å². The van der Waals surface area contributed by atoms with Crippen LogP contribution < -0.4 is 0 Å². The summed E-state index contributed by atoms with van der Waals surface area (Å²) in [5.41, 5.74) is 1.88. The van der Waals surface area contributed by atoms with E-state index in [1.54, 1.807) is 12.4 Å². The lowest BCUT2D eigenvalue weighted by Gasteiger charge is -2.07. The smallest absolute Gasteiger partial charge is 0.178 e. The zero-order valence-corrected chi connectivity index (χ0v) is 11.6. The van der Waals surface area contributed by atoms with E-state index in [0.717, 1.165) is 28.8 Å². The van der Waals surface area contributed by atoms with Crippen molar-refractivity contribution < 1.29 is 0 Å². The lowest BCUT2D eigenvalue weighted by atomic mass is 10.1. The molecule has 0 aliphatic carbocycles. The number of hydrogen-bond acceptors (Lipinski definition) is 2. The largest absolute Gasteiger partial charge is 0.329 e. The van der Waals surface area contributed by atoms with Gasteiger partial charge in [-0.25, -0.2) is 0 Å². The van der Waals surface area contributed by atoms with Gasteiger partial charge in [-0.2, -0.15) is 0 Å². The molecule has 0 bridgehead atoms. The lowest BCUT2D eigenvalue weighted by Crippen LogP contribution is -2.00. The van der Waals surface area contributed by atoms with Crippen molar-refractivity contribution in [3.8, 4) is 0 Å². The van der Waals surface area contributed by atoms with E-state index in [1.807, 2.05) is 0 Å². The summed E-state index contributed by atoms with van der Waals surface area (Å²) in [6, 6.07) is 0. The Balaban J connectivity index is 2.33. The van der Waals surface area contributed by atoms with Crippen LogP contribution in [-0.4, -0.2) is 14.5 Å². The summed E-state index contributed by atoms with van der Waals surface area (Å²) in [5.74, 6) is 0.714. The molecule has 2 aromatic heterocycles. The molecule has 3 nitrogen and oxygen atoms in total. The number of pyridine rings is 1. The predicted molar refractivity (Wildman–Crippen MR) is 74.0 cm³/mol. The van der Waals surface area contributed by atoms with Crippen LogP contribution in [0.3, 0.4) is 0 Å². The highest BCUT2D eigenvalue weighted by Crippen LogP contribution is 2.22. The Bertz CT molecular complexity index is 571. The average molecular weight is 270 g/mol. The molecule has 92 valence electrons. The lowest BCUT2D eigenvalue weighted by molar-refractivity contribution is 0.515. The molecule has 0 aliphatic rings. The minimum atomic E-state index is 0.652. The number of aromatic amines is 1. The summed E-state index contributed by atoms with van der Waals surface area (Å²) >= 11 is 11.5. The van der Waals surface area contributed by atoms with Crippen LogP contribution in [0.15, 0.2) is 12.4 Å². The molecule has 0 fully saturated rings. The molecule has 1 N–H and O–H groups in total. The van der Waals surface area contributed by atoms with Crippen LogP contribution in [-0.2, 0) is 6.54 Å². The molecule has 0 saturated heterocycles. The maximum atomic E-state index is 6.17. The minimum Gasteiger partial charge on any atom is -0.329 e. The zero-order valence-electron chi connectivity index (χ0n) is 10.0. The number of halogens is 1. The minimum absolute atomic E-state index is 0.652. The van der Waals surface area contributed by atoms with E-state index in [0.29, 0.717) is 10.9 Å². The van der Waals surface area contributed by atoms with Gasteiger partial charge in [0.15, 0.2) is 4.77 Å². The SMILES string of the molecule is CC(C)CCCn1c(=S)[nH]c2cncc(Cl)c21. The predicted octanol–water partition coefficient (Wildman–Crippen LogP) is 4.18. The van der Waals surface area contributed by atoms with Gasteiger partial charge in [0.2, 0.25) is 0 Å². The first-order chi connectivity index (χ1) is 8.09. The molecule has 0 unspecified atom stereocenters. The van der Waals surface area contributed by atoms with Gasteiger partial charge in [0, 0.05) is 12.7 Å². The van der Waals surface area contributed by atoms with Gasteiger partial charge in [-0.15, -0.1) is 0 Å². The van der Waals surface area contributed by atoms with Gasteiger partial charge < -0.3 is 9.55 Å². The van der Waals surface area contributed by atoms with Gasteiger partial charge in [-0.1, -0.05) is 25.4 Å². The fraction of sp³-hybridized carbons (Fsp3) is 0.500. The summed E-state index contributed by atoms with van der Waals surface area (Å²) in [6.07, 6.45) is 5.72. The standard InChI is InChI=1S/C12H16ClN3S/c1-8(2)4-3-5-16-11-9(13)6-14-7-10(11)15-12(16)17/h6-8H,3-5H2,1-2H3,(H,15,17). The molecule has 2 heterocycles.